The molecule has 6 heteroatoms. The van der Waals surface area contributed by atoms with Gasteiger partial charge in [-0.15, -0.1) is 0 Å². The summed E-state index contributed by atoms with van der Waals surface area (Å²) in [4.78, 5) is 11.1. The van der Waals surface area contributed by atoms with Crippen molar-refractivity contribution < 1.29 is 18.0 Å². The highest BCUT2D eigenvalue weighted by molar-refractivity contribution is 5.86. The molecule has 0 saturated heterocycles. The van der Waals surface area contributed by atoms with E-state index in [2.05, 4.69) is 10.6 Å². The highest BCUT2D eigenvalue weighted by Gasteiger charge is 2.68. The summed E-state index contributed by atoms with van der Waals surface area (Å²) < 4.78 is 36.9. The van der Waals surface area contributed by atoms with Gasteiger partial charge in [0.2, 0.25) is 5.91 Å². The molecule has 0 aliphatic heterocycles. The lowest BCUT2D eigenvalue weighted by Gasteiger charge is -2.18. The van der Waals surface area contributed by atoms with E-state index >= 15 is 0 Å². The Balaban J connectivity index is 2.56. The van der Waals surface area contributed by atoms with Gasteiger partial charge in [0.05, 0.1) is 6.67 Å². The Morgan fingerprint density at radius 2 is 2.00 bits per heavy atom. The van der Waals surface area contributed by atoms with Crippen molar-refractivity contribution in [3.8, 4) is 0 Å². The quantitative estimate of drug-likeness (QED) is 0.650. The van der Waals surface area contributed by atoms with Crippen LogP contribution in [0.25, 0.3) is 0 Å². The Kier molecular flexibility index (Phi) is 2.51. The number of halogens is 3. The zero-order valence-electron chi connectivity index (χ0n) is 7.16. The molecule has 3 nitrogen and oxygen atoms in total. The van der Waals surface area contributed by atoms with Crippen LogP contribution in [0.3, 0.4) is 0 Å². The van der Waals surface area contributed by atoms with Gasteiger partial charge < -0.3 is 10.6 Å². The monoisotopic (exact) mass is 196 g/mol. The molecule has 1 rings (SSSR count). The number of hydrogen-bond acceptors (Lipinski definition) is 2. The van der Waals surface area contributed by atoms with Crippen LogP contribution in [0.1, 0.15) is 12.8 Å². The fraction of sp³-hybridized carbons (Fsp3) is 0.857. The maximum Gasteiger partial charge on any atom is 0.403 e. The van der Waals surface area contributed by atoms with Gasteiger partial charge in [-0.2, -0.15) is 13.2 Å². The first-order valence-corrected chi connectivity index (χ1v) is 3.94. The standard InChI is InChI=1S/C7H11F3N2O/c1-11-4-12-5(13)6(2-3-6)7(8,9)10/h11H,2-4H2,1H3,(H,12,13). The summed E-state index contributed by atoms with van der Waals surface area (Å²) in [7, 11) is 1.55. The van der Waals surface area contributed by atoms with Gasteiger partial charge in [0.25, 0.3) is 0 Å². The van der Waals surface area contributed by atoms with Crippen molar-refractivity contribution >= 4 is 5.91 Å². The number of rotatable bonds is 3. The van der Waals surface area contributed by atoms with Crippen molar-refractivity contribution in [2.45, 2.75) is 19.0 Å². The normalized spacial score (nSPS) is 19.7. The Morgan fingerprint density at radius 3 is 2.31 bits per heavy atom. The minimum Gasteiger partial charge on any atom is -0.343 e. The summed E-state index contributed by atoms with van der Waals surface area (Å²) in [6.45, 7) is 0.0661. The molecule has 1 fully saturated rings. The van der Waals surface area contributed by atoms with Crippen molar-refractivity contribution in [1.29, 1.82) is 0 Å². The van der Waals surface area contributed by atoms with E-state index in [1.165, 1.54) is 0 Å². The highest BCUT2D eigenvalue weighted by Crippen LogP contribution is 2.57. The van der Waals surface area contributed by atoms with Crippen LogP contribution < -0.4 is 10.6 Å². The summed E-state index contributed by atoms with van der Waals surface area (Å²) >= 11 is 0. The minimum atomic E-state index is -4.41. The van der Waals surface area contributed by atoms with Crippen LogP contribution in [0.15, 0.2) is 0 Å². The molecule has 1 amide bonds. The predicted molar refractivity (Wildman–Crippen MR) is 39.8 cm³/mol. The highest BCUT2D eigenvalue weighted by atomic mass is 19.4. The molecular formula is C7H11F3N2O. The number of carbonyl (C=O) groups is 1. The van der Waals surface area contributed by atoms with Crippen LogP contribution >= 0.6 is 0 Å². The Morgan fingerprint density at radius 1 is 1.46 bits per heavy atom. The molecular weight excluding hydrogens is 185 g/mol. The van der Waals surface area contributed by atoms with Gasteiger partial charge in [-0.25, -0.2) is 0 Å². The largest absolute Gasteiger partial charge is 0.403 e. The molecule has 1 aliphatic carbocycles. The molecule has 0 heterocycles. The van der Waals surface area contributed by atoms with Gasteiger partial charge >= 0.3 is 6.18 Å². The lowest BCUT2D eigenvalue weighted by atomic mass is 10.1. The summed E-state index contributed by atoms with van der Waals surface area (Å²) in [6, 6.07) is 0. The van der Waals surface area contributed by atoms with Gasteiger partial charge in [0.15, 0.2) is 0 Å². The predicted octanol–water partition coefficient (Wildman–Crippen LogP) is 0.622. The van der Waals surface area contributed by atoms with Gasteiger partial charge in [0, 0.05) is 0 Å². The third kappa shape index (κ3) is 1.77. The second-order valence-corrected chi connectivity index (χ2v) is 3.12. The first-order valence-electron chi connectivity index (χ1n) is 3.94. The van der Waals surface area contributed by atoms with Crippen molar-refractivity contribution in [1.82, 2.24) is 10.6 Å². The van der Waals surface area contributed by atoms with Gasteiger partial charge in [-0.3, -0.25) is 4.79 Å². The van der Waals surface area contributed by atoms with Crippen LogP contribution in [0.2, 0.25) is 0 Å². The zero-order chi connectivity index (χ0) is 10.1. The molecule has 76 valence electrons. The van der Waals surface area contributed by atoms with Gasteiger partial charge in [-0.1, -0.05) is 0 Å². The number of alkyl halides is 3. The van der Waals surface area contributed by atoms with E-state index in [1.807, 2.05) is 0 Å². The van der Waals surface area contributed by atoms with Crippen molar-refractivity contribution in [3.05, 3.63) is 0 Å². The zero-order valence-corrected chi connectivity index (χ0v) is 7.16. The lowest BCUT2D eigenvalue weighted by Crippen LogP contribution is -2.43. The van der Waals surface area contributed by atoms with E-state index in [1.54, 1.807) is 7.05 Å². The third-order valence-electron chi connectivity index (χ3n) is 2.15. The van der Waals surface area contributed by atoms with Crippen LogP contribution in [0, 0.1) is 5.41 Å². The number of nitrogens with one attached hydrogen (secondary N) is 2. The lowest BCUT2D eigenvalue weighted by molar-refractivity contribution is -0.192. The topological polar surface area (TPSA) is 41.1 Å². The Bertz CT molecular complexity index is 210. The molecule has 2 N–H and O–H groups in total. The molecule has 0 spiro atoms. The van der Waals surface area contributed by atoms with Gasteiger partial charge in [-0.05, 0) is 19.9 Å². The molecule has 0 aromatic rings. The van der Waals surface area contributed by atoms with Crippen molar-refractivity contribution in [3.63, 3.8) is 0 Å². The summed E-state index contributed by atoms with van der Waals surface area (Å²) in [5.74, 6) is -0.922. The minimum absolute atomic E-state index is 0.0661. The average Bonchev–Trinajstić information content (AvgIpc) is 2.78. The fourth-order valence-corrected chi connectivity index (χ4v) is 1.10. The van der Waals surface area contributed by atoms with Crippen LogP contribution in [0.5, 0.6) is 0 Å². The molecule has 0 atom stereocenters. The SMILES string of the molecule is CNCNC(=O)C1(C(F)(F)F)CC1. The van der Waals surface area contributed by atoms with Crippen LogP contribution in [-0.2, 0) is 4.79 Å². The van der Waals surface area contributed by atoms with E-state index in [4.69, 9.17) is 0 Å². The Labute approximate surface area is 73.7 Å². The molecule has 1 saturated carbocycles. The van der Waals surface area contributed by atoms with E-state index in [-0.39, 0.29) is 19.5 Å². The van der Waals surface area contributed by atoms with Crippen LogP contribution in [-0.4, -0.2) is 25.8 Å². The van der Waals surface area contributed by atoms with E-state index < -0.39 is 17.5 Å². The fourth-order valence-electron chi connectivity index (χ4n) is 1.10. The number of carbonyl (C=O) groups excluding carboxylic acids is 1. The molecule has 0 aromatic heterocycles. The third-order valence-corrected chi connectivity index (χ3v) is 2.15. The number of amides is 1. The van der Waals surface area contributed by atoms with Gasteiger partial charge in [0.1, 0.15) is 5.41 Å². The van der Waals surface area contributed by atoms with E-state index in [9.17, 15) is 18.0 Å². The molecule has 13 heavy (non-hydrogen) atoms. The molecule has 1 aliphatic rings. The molecule has 0 aromatic carbocycles. The second kappa shape index (κ2) is 3.17. The second-order valence-electron chi connectivity index (χ2n) is 3.12. The Hall–Kier alpha value is -0.780. The molecule has 0 bridgehead atoms. The summed E-state index contributed by atoms with van der Waals surface area (Å²) in [5.41, 5.74) is -2.09. The maximum atomic E-state index is 12.3. The number of hydrogen-bond donors (Lipinski definition) is 2. The van der Waals surface area contributed by atoms with Crippen molar-refractivity contribution in [2.24, 2.45) is 5.41 Å². The molecule has 0 unspecified atom stereocenters. The first kappa shape index (κ1) is 10.3. The van der Waals surface area contributed by atoms with E-state index in [0.717, 1.165) is 0 Å². The average molecular weight is 196 g/mol. The summed E-state index contributed by atoms with van der Waals surface area (Å²) in [5, 5.41) is 4.72. The smallest absolute Gasteiger partial charge is 0.343 e. The first-order chi connectivity index (χ1) is 5.94. The van der Waals surface area contributed by atoms with Crippen LogP contribution in [0.4, 0.5) is 13.2 Å². The van der Waals surface area contributed by atoms with Crippen molar-refractivity contribution in [2.75, 3.05) is 13.7 Å². The maximum absolute atomic E-state index is 12.3. The van der Waals surface area contributed by atoms with E-state index in [0.29, 0.717) is 0 Å². The summed E-state index contributed by atoms with van der Waals surface area (Å²) in [6.07, 6.45) is -4.59. The molecule has 0 radical (unpaired) electrons.